The van der Waals surface area contributed by atoms with Gasteiger partial charge in [0.2, 0.25) is 5.69 Å². The molecule has 2 aromatic rings. The SMILES string of the molecule is Cc1ncc([N+](=O)[O-])n1-c1ccc([N+](=O)[O-])cc1[N+](=O)[O-]. The maximum absolute atomic E-state index is 11.1. The maximum atomic E-state index is 11.1. The van der Waals surface area contributed by atoms with E-state index in [2.05, 4.69) is 4.98 Å². The van der Waals surface area contributed by atoms with Crippen LogP contribution in [0.15, 0.2) is 24.4 Å². The van der Waals surface area contributed by atoms with Gasteiger partial charge in [0.25, 0.3) is 5.69 Å². The molecule has 108 valence electrons. The van der Waals surface area contributed by atoms with Crippen LogP contribution in [0.1, 0.15) is 5.82 Å². The molecule has 0 fully saturated rings. The molecule has 1 aromatic heterocycles. The summed E-state index contributed by atoms with van der Waals surface area (Å²) in [4.78, 5) is 34.0. The second-order valence-electron chi connectivity index (χ2n) is 3.94. The van der Waals surface area contributed by atoms with Crippen LogP contribution in [0, 0.1) is 37.3 Å². The second kappa shape index (κ2) is 4.96. The molecule has 0 bridgehead atoms. The fourth-order valence-electron chi connectivity index (χ4n) is 1.82. The lowest BCUT2D eigenvalue weighted by molar-refractivity contribution is -0.396. The van der Waals surface area contributed by atoms with Crippen molar-refractivity contribution in [1.82, 2.24) is 9.55 Å². The number of non-ortho nitro benzene ring substituents is 1. The summed E-state index contributed by atoms with van der Waals surface area (Å²) in [5.41, 5.74) is -1.26. The molecule has 0 amide bonds. The predicted octanol–water partition coefficient (Wildman–Crippen LogP) is 1.91. The Hall–Kier alpha value is -3.37. The van der Waals surface area contributed by atoms with Gasteiger partial charge in [0.05, 0.1) is 15.9 Å². The van der Waals surface area contributed by atoms with Gasteiger partial charge in [-0.25, -0.2) is 4.98 Å². The highest BCUT2D eigenvalue weighted by Crippen LogP contribution is 2.31. The fourth-order valence-corrected chi connectivity index (χ4v) is 1.82. The van der Waals surface area contributed by atoms with Crippen LogP contribution in [0.4, 0.5) is 17.2 Å². The maximum Gasteiger partial charge on any atom is 0.348 e. The number of nitro benzene ring substituents is 2. The van der Waals surface area contributed by atoms with Crippen LogP contribution in [0.2, 0.25) is 0 Å². The molecule has 1 heterocycles. The third-order valence-electron chi connectivity index (χ3n) is 2.71. The molecule has 0 saturated carbocycles. The molecule has 0 saturated heterocycles. The van der Waals surface area contributed by atoms with Crippen molar-refractivity contribution in [2.24, 2.45) is 0 Å². The molecule has 0 radical (unpaired) electrons. The summed E-state index contributed by atoms with van der Waals surface area (Å²) in [5.74, 6) is -0.317. The van der Waals surface area contributed by atoms with E-state index in [9.17, 15) is 30.3 Å². The number of aryl methyl sites for hydroxylation is 1. The molecule has 0 unspecified atom stereocenters. The van der Waals surface area contributed by atoms with E-state index >= 15 is 0 Å². The van der Waals surface area contributed by atoms with E-state index in [0.29, 0.717) is 0 Å². The smallest absolute Gasteiger partial charge is 0.348 e. The molecule has 0 spiro atoms. The molecule has 0 N–H and O–H groups in total. The molecule has 0 aliphatic heterocycles. The largest absolute Gasteiger partial charge is 0.358 e. The predicted molar refractivity (Wildman–Crippen MR) is 68.3 cm³/mol. The van der Waals surface area contributed by atoms with Crippen LogP contribution < -0.4 is 0 Å². The van der Waals surface area contributed by atoms with Crippen molar-refractivity contribution in [2.45, 2.75) is 6.92 Å². The summed E-state index contributed by atoms with van der Waals surface area (Å²) >= 11 is 0. The van der Waals surface area contributed by atoms with Gasteiger partial charge < -0.3 is 10.1 Å². The third kappa shape index (κ3) is 2.39. The summed E-state index contributed by atoms with van der Waals surface area (Å²) in [6.07, 6.45) is 0.959. The monoisotopic (exact) mass is 293 g/mol. The molecular weight excluding hydrogens is 286 g/mol. The molecule has 11 heteroatoms. The van der Waals surface area contributed by atoms with Gasteiger partial charge in [-0.05, 0) is 11.0 Å². The minimum absolute atomic E-state index is 0.152. The number of nitro groups is 3. The zero-order valence-electron chi connectivity index (χ0n) is 10.5. The van der Waals surface area contributed by atoms with E-state index in [1.807, 2.05) is 0 Å². The summed E-state index contributed by atoms with van der Waals surface area (Å²) < 4.78 is 0.960. The van der Waals surface area contributed by atoms with Crippen molar-refractivity contribution in [3.05, 3.63) is 60.6 Å². The second-order valence-corrected chi connectivity index (χ2v) is 3.94. The van der Waals surface area contributed by atoms with Gasteiger partial charge in [-0.1, -0.05) is 0 Å². The van der Waals surface area contributed by atoms with Crippen molar-refractivity contribution < 1.29 is 14.8 Å². The van der Waals surface area contributed by atoms with Gasteiger partial charge in [-0.2, -0.15) is 4.57 Å². The minimum Gasteiger partial charge on any atom is -0.358 e. The lowest BCUT2D eigenvalue weighted by atomic mass is 10.2. The highest BCUT2D eigenvalue weighted by molar-refractivity contribution is 5.60. The van der Waals surface area contributed by atoms with Crippen LogP contribution >= 0.6 is 0 Å². The number of benzene rings is 1. The van der Waals surface area contributed by atoms with E-state index in [-0.39, 0.29) is 11.5 Å². The average molecular weight is 293 g/mol. The number of hydrogen-bond donors (Lipinski definition) is 0. The summed E-state index contributed by atoms with van der Waals surface area (Å²) in [7, 11) is 0. The van der Waals surface area contributed by atoms with Gasteiger partial charge in [0.15, 0.2) is 5.82 Å². The zero-order chi connectivity index (χ0) is 15.7. The van der Waals surface area contributed by atoms with Crippen molar-refractivity contribution in [3.63, 3.8) is 0 Å². The van der Waals surface area contributed by atoms with Gasteiger partial charge in [0, 0.05) is 13.0 Å². The van der Waals surface area contributed by atoms with E-state index in [4.69, 9.17) is 0 Å². The third-order valence-corrected chi connectivity index (χ3v) is 2.71. The van der Waals surface area contributed by atoms with Gasteiger partial charge in [-0.15, -0.1) is 0 Å². The molecule has 0 atom stereocenters. The standard InChI is InChI=1S/C10H7N5O6/c1-6-11-5-10(15(20)21)12(6)8-3-2-7(13(16)17)4-9(8)14(18)19/h2-5H,1H3. The van der Waals surface area contributed by atoms with Crippen LogP contribution in [0.3, 0.4) is 0 Å². The number of rotatable bonds is 4. The Balaban J connectivity index is 2.75. The molecule has 0 aliphatic rings. The molecule has 1 aromatic carbocycles. The molecule has 0 aliphatic carbocycles. The Morgan fingerprint density at radius 3 is 2.24 bits per heavy atom. The molecule has 2 rings (SSSR count). The Bertz CT molecular complexity index is 767. The summed E-state index contributed by atoms with van der Waals surface area (Å²) in [6, 6.07) is 2.86. The Morgan fingerprint density at radius 1 is 1.05 bits per heavy atom. The first-order valence-corrected chi connectivity index (χ1v) is 5.45. The molecule has 11 nitrogen and oxygen atoms in total. The average Bonchev–Trinajstić information content (AvgIpc) is 2.79. The van der Waals surface area contributed by atoms with Gasteiger partial charge in [0.1, 0.15) is 6.20 Å². The Morgan fingerprint density at radius 2 is 1.71 bits per heavy atom. The van der Waals surface area contributed by atoms with Crippen molar-refractivity contribution in [2.75, 3.05) is 0 Å². The van der Waals surface area contributed by atoms with Crippen LogP contribution in [-0.2, 0) is 0 Å². The first-order chi connectivity index (χ1) is 9.82. The lowest BCUT2D eigenvalue weighted by Gasteiger charge is -2.03. The molecular formula is C10H7N5O6. The molecule has 21 heavy (non-hydrogen) atoms. The number of imidazole rings is 1. The number of aromatic nitrogens is 2. The van der Waals surface area contributed by atoms with E-state index in [1.54, 1.807) is 0 Å². The Labute approximate surface area is 115 Å². The van der Waals surface area contributed by atoms with E-state index in [1.165, 1.54) is 6.92 Å². The van der Waals surface area contributed by atoms with Crippen molar-refractivity contribution >= 4 is 17.2 Å². The van der Waals surface area contributed by atoms with Crippen molar-refractivity contribution in [3.8, 4) is 5.69 Å². The zero-order valence-corrected chi connectivity index (χ0v) is 10.5. The van der Waals surface area contributed by atoms with Crippen molar-refractivity contribution in [1.29, 1.82) is 0 Å². The first kappa shape index (κ1) is 14.0. The van der Waals surface area contributed by atoms with Crippen LogP contribution in [0.5, 0.6) is 0 Å². The summed E-state index contributed by atoms with van der Waals surface area (Å²) in [5, 5.41) is 32.7. The van der Waals surface area contributed by atoms with E-state index in [0.717, 1.165) is 29.0 Å². The van der Waals surface area contributed by atoms with Gasteiger partial charge in [-0.3, -0.25) is 20.2 Å². The van der Waals surface area contributed by atoms with Gasteiger partial charge >= 0.3 is 11.5 Å². The highest BCUT2D eigenvalue weighted by Gasteiger charge is 2.29. The minimum atomic E-state index is -0.842. The number of nitrogens with zero attached hydrogens (tertiary/aromatic N) is 5. The summed E-state index contributed by atoms with van der Waals surface area (Å²) in [6.45, 7) is 1.43. The van der Waals surface area contributed by atoms with Crippen LogP contribution in [0.25, 0.3) is 5.69 Å². The Kier molecular flexibility index (Phi) is 3.32. The quantitative estimate of drug-likeness (QED) is 0.617. The van der Waals surface area contributed by atoms with E-state index < -0.39 is 32.0 Å². The number of hydrogen-bond acceptors (Lipinski definition) is 7. The fraction of sp³-hybridized carbons (Fsp3) is 0.100. The van der Waals surface area contributed by atoms with Crippen LogP contribution in [-0.4, -0.2) is 24.3 Å². The highest BCUT2D eigenvalue weighted by atomic mass is 16.6. The topological polar surface area (TPSA) is 147 Å². The normalized spacial score (nSPS) is 10.3. The lowest BCUT2D eigenvalue weighted by Crippen LogP contribution is -2.06. The first-order valence-electron chi connectivity index (χ1n) is 5.45.